The smallest absolute Gasteiger partial charge is 0.0701 e. The fourth-order valence-electron chi connectivity index (χ4n) is 4.08. The van der Waals surface area contributed by atoms with Gasteiger partial charge < -0.3 is 10.1 Å². The van der Waals surface area contributed by atoms with Crippen LogP contribution in [0.15, 0.2) is 0 Å². The third-order valence-electron chi connectivity index (χ3n) is 5.22. The van der Waals surface area contributed by atoms with Gasteiger partial charge >= 0.3 is 0 Å². The van der Waals surface area contributed by atoms with E-state index in [-0.39, 0.29) is 5.60 Å². The molecular formula is C15H27NOS. The second-order valence-corrected chi connectivity index (χ2v) is 7.56. The molecule has 0 aromatic rings. The summed E-state index contributed by atoms with van der Waals surface area (Å²) in [6.07, 6.45) is 9.51. The lowest BCUT2D eigenvalue weighted by Gasteiger charge is -2.45. The molecule has 2 unspecified atom stereocenters. The monoisotopic (exact) mass is 269 g/mol. The highest BCUT2D eigenvalue weighted by atomic mass is 32.2. The fraction of sp³-hybridized carbons (Fsp3) is 1.00. The van der Waals surface area contributed by atoms with Crippen LogP contribution in [0.5, 0.6) is 0 Å². The van der Waals surface area contributed by atoms with Crippen LogP contribution in [0.4, 0.5) is 0 Å². The number of hydrogen-bond donors (Lipinski definition) is 1. The summed E-state index contributed by atoms with van der Waals surface area (Å²) in [7, 11) is 0. The van der Waals surface area contributed by atoms with E-state index in [1.807, 2.05) is 0 Å². The molecule has 2 atom stereocenters. The molecule has 0 bridgehead atoms. The molecular weight excluding hydrogens is 242 g/mol. The molecule has 3 saturated heterocycles. The van der Waals surface area contributed by atoms with Crippen LogP contribution in [0.3, 0.4) is 0 Å². The van der Waals surface area contributed by atoms with Gasteiger partial charge in [0.1, 0.15) is 0 Å². The van der Waals surface area contributed by atoms with Crippen LogP contribution in [-0.4, -0.2) is 36.8 Å². The Kier molecular flexibility index (Phi) is 4.53. The van der Waals surface area contributed by atoms with Gasteiger partial charge in [-0.2, -0.15) is 11.8 Å². The third kappa shape index (κ3) is 3.05. The molecule has 104 valence electrons. The molecule has 3 aliphatic rings. The Morgan fingerprint density at radius 1 is 1.00 bits per heavy atom. The molecule has 0 aromatic carbocycles. The van der Waals surface area contributed by atoms with Gasteiger partial charge in [0.2, 0.25) is 0 Å². The average Bonchev–Trinajstić information content (AvgIpc) is 2.68. The van der Waals surface area contributed by atoms with Crippen molar-refractivity contribution in [3.05, 3.63) is 0 Å². The van der Waals surface area contributed by atoms with Crippen molar-refractivity contribution >= 4 is 11.8 Å². The first-order valence-electron chi connectivity index (χ1n) is 7.80. The topological polar surface area (TPSA) is 21.3 Å². The van der Waals surface area contributed by atoms with Gasteiger partial charge in [0.15, 0.2) is 0 Å². The number of rotatable bonds is 1. The van der Waals surface area contributed by atoms with Gasteiger partial charge in [-0.25, -0.2) is 0 Å². The zero-order valence-corrected chi connectivity index (χ0v) is 12.3. The van der Waals surface area contributed by atoms with Crippen LogP contribution >= 0.6 is 11.8 Å². The Balaban J connectivity index is 1.61. The minimum Gasteiger partial charge on any atom is -0.375 e. The van der Waals surface area contributed by atoms with E-state index in [2.05, 4.69) is 17.1 Å². The summed E-state index contributed by atoms with van der Waals surface area (Å²) < 4.78 is 6.23. The van der Waals surface area contributed by atoms with Crippen LogP contribution in [0.25, 0.3) is 0 Å². The lowest BCUT2D eigenvalue weighted by Crippen LogP contribution is -2.44. The molecule has 3 heterocycles. The van der Waals surface area contributed by atoms with Crippen molar-refractivity contribution in [2.45, 2.75) is 50.5 Å². The van der Waals surface area contributed by atoms with E-state index in [0.717, 1.165) is 18.4 Å². The van der Waals surface area contributed by atoms with Crippen molar-refractivity contribution in [3.63, 3.8) is 0 Å². The van der Waals surface area contributed by atoms with Crippen molar-refractivity contribution in [1.29, 1.82) is 0 Å². The standard InChI is InChI=1S/C15H27NOS/c1-2-13(3-8-16-7-1)14-4-9-17-15(12-14)5-10-18-11-6-15/h13-14,16H,1-12H2. The Bertz CT molecular complexity index is 252. The molecule has 3 rings (SSSR count). The second-order valence-electron chi connectivity index (χ2n) is 6.34. The van der Waals surface area contributed by atoms with Crippen LogP contribution in [0.1, 0.15) is 44.9 Å². The second kappa shape index (κ2) is 6.15. The predicted molar refractivity (Wildman–Crippen MR) is 78.2 cm³/mol. The molecule has 3 fully saturated rings. The van der Waals surface area contributed by atoms with Gasteiger partial charge in [-0.15, -0.1) is 0 Å². The van der Waals surface area contributed by atoms with E-state index in [1.54, 1.807) is 0 Å². The highest BCUT2D eigenvalue weighted by Gasteiger charge is 2.40. The molecule has 1 N–H and O–H groups in total. The van der Waals surface area contributed by atoms with E-state index < -0.39 is 0 Å². The number of nitrogens with one attached hydrogen (secondary N) is 1. The molecule has 0 saturated carbocycles. The molecule has 2 nitrogen and oxygen atoms in total. The lowest BCUT2D eigenvalue weighted by molar-refractivity contribution is -0.111. The van der Waals surface area contributed by atoms with Gasteiger partial charge in [-0.3, -0.25) is 0 Å². The quantitative estimate of drug-likeness (QED) is 0.790. The Labute approximate surface area is 116 Å². The lowest BCUT2D eigenvalue weighted by atomic mass is 9.74. The molecule has 3 heteroatoms. The van der Waals surface area contributed by atoms with E-state index in [9.17, 15) is 0 Å². The summed E-state index contributed by atoms with van der Waals surface area (Å²) in [5.41, 5.74) is 0.286. The van der Waals surface area contributed by atoms with Crippen molar-refractivity contribution in [2.75, 3.05) is 31.2 Å². The van der Waals surface area contributed by atoms with Crippen molar-refractivity contribution < 1.29 is 4.74 Å². The highest BCUT2D eigenvalue weighted by Crippen LogP contribution is 2.43. The normalized spacial score (nSPS) is 37.3. The molecule has 3 aliphatic heterocycles. The fourth-order valence-corrected chi connectivity index (χ4v) is 5.31. The molecule has 18 heavy (non-hydrogen) atoms. The molecule has 1 spiro atoms. The maximum Gasteiger partial charge on any atom is 0.0701 e. The first-order valence-corrected chi connectivity index (χ1v) is 8.96. The van der Waals surface area contributed by atoms with Crippen molar-refractivity contribution in [1.82, 2.24) is 5.32 Å². The van der Waals surface area contributed by atoms with Gasteiger partial charge in [-0.1, -0.05) is 0 Å². The summed E-state index contributed by atoms with van der Waals surface area (Å²) in [5.74, 6) is 4.55. The molecule has 0 radical (unpaired) electrons. The average molecular weight is 269 g/mol. The van der Waals surface area contributed by atoms with Gasteiger partial charge in [0.25, 0.3) is 0 Å². The van der Waals surface area contributed by atoms with Crippen LogP contribution in [0, 0.1) is 11.8 Å². The Morgan fingerprint density at radius 3 is 2.78 bits per heavy atom. The SMILES string of the molecule is C1CNCCC(C2CCOC3(CCSCC3)C2)C1. The molecule has 0 aromatic heterocycles. The number of hydrogen-bond acceptors (Lipinski definition) is 3. The first kappa shape index (κ1) is 13.3. The van der Waals surface area contributed by atoms with Crippen LogP contribution in [-0.2, 0) is 4.74 Å². The summed E-state index contributed by atoms with van der Waals surface area (Å²) in [5, 5.41) is 3.55. The van der Waals surface area contributed by atoms with Crippen LogP contribution < -0.4 is 5.32 Å². The summed E-state index contributed by atoms with van der Waals surface area (Å²) in [6.45, 7) is 3.51. The first-order chi connectivity index (χ1) is 8.88. The predicted octanol–water partition coefficient (Wildman–Crippen LogP) is 3.07. The van der Waals surface area contributed by atoms with E-state index in [1.165, 1.54) is 69.5 Å². The summed E-state index contributed by atoms with van der Waals surface area (Å²) >= 11 is 2.11. The zero-order chi connectivity index (χ0) is 12.3. The minimum absolute atomic E-state index is 0.286. The maximum atomic E-state index is 6.23. The zero-order valence-electron chi connectivity index (χ0n) is 11.5. The highest BCUT2D eigenvalue weighted by molar-refractivity contribution is 7.99. The largest absolute Gasteiger partial charge is 0.375 e. The Morgan fingerprint density at radius 2 is 1.89 bits per heavy atom. The Hall–Kier alpha value is 0.270. The number of ether oxygens (including phenoxy) is 1. The van der Waals surface area contributed by atoms with E-state index >= 15 is 0 Å². The maximum absolute atomic E-state index is 6.23. The van der Waals surface area contributed by atoms with Gasteiger partial charge in [0, 0.05) is 6.61 Å². The third-order valence-corrected chi connectivity index (χ3v) is 6.21. The van der Waals surface area contributed by atoms with Crippen molar-refractivity contribution in [2.24, 2.45) is 11.8 Å². The van der Waals surface area contributed by atoms with Crippen LogP contribution in [0.2, 0.25) is 0 Å². The summed E-state index contributed by atoms with van der Waals surface area (Å²) in [6, 6.07) is 0. The molecule has 0 amide bonds. The molecule has 0 aliphatic carbocycles. The minimum atomic E-state index is 0.286. The van der Waals surface area contributed by atoms with Crippen molar-refractivity contribution in [3.8, 4) is 0 Å². The van der Waals surface area contributed by atoms with Gasteiger partial charge in [-0.05, 0) is 81.4 Å². The number of thioether (sulfide) groups is 1. The van der Waals surface area contributed by atoms with E-state index in [0.29, 0.717) is 0 Å². The summed E-state index contributed by atoms with van der Waals surface area (Å²) in [4.78, 5) is 0. The van der Waals surface area contributed by atoms with E-state index in [4.69, 9.17) is 4.74 Å². The van der Waals surface area contributed by atoms with Gasteiger partial charge in [0.05, 0.1) is 5.60 Å².